The summed E-state index contributed by atoms with van der Waals surface area (Å²) in [7, 11) is 0. The third-order valence-electron chi connectivity index (χ3n) is 10.6. The fraction of sp³-hybridized carbons (Fsp3) is 0.667. The van der Waals surface area contributed by atoms with Gasteiger partial charge in [-0.2, -0.15) is 0 Å². The summed E-state index contributed by atoms with van der Waals surface area (Å²) in [5, 5.41) is 11.3. The van der Waals surface area contributed by atoms with Gasteiger partial charge in [-0.05, 0) is 68.4 Å². The molecule has 4 aliphatic rings. The van der Waals surface area contributed by atoms with Crippen molar-refractivity contribution in [1.82, 2.24) is 26.2 Å². The van der Waals surface area contributed by atoms with E-state index in [9.17, 15) is 28.8 Å². The van der Waals surface area contributed by atoms with Gasteiger partial charge < -0.3 is 31.9 Å². The highest BCUT2D eigenvalue weighted by atomic mass is 35.5. The van der Waals surface area contributed by atoms with Crippen LogP contribution in [0.15, 0.2) is 24.3 Å². The first-order valence-electron chi connectivity index (χ1n) is 17.5. The van der Waals surface area contributed by atoms with Crippen molar-refractivity contribution in [3.8, 4) is 0 Å². The Morgan fingerprint density at radius 3 is 2.04 bits per heavy atom. The summed E-state index contributed by atoms with van der Waals surface area (Å²) < 4.78 is -1.26. The van der Waals surface area contributed by atoms with Crippen LogP contribution in [0.25, 0.3) is 0 Å². The number of halogens is 2. The highest BCUT2D eigenvalue weighted by Gasteiger charge is 2.74. The van der Waals surface area contributed by atoms with Gasteiger partial charge in [-0.1, -0.05) is 64.3 Å². The number of piperidine rings is 1. The number of amides is 6. The molecule has 1 aromatic carbocycles. The fourth-order valence-corrected chi connectivity index (χ4v) is 8.50. The van der Waals surface area contributed by atoms with Gasteiger partial charge in [-0.25, -0.2) is 4.79 Å². The van der Waals surface area contributed by atoms with Gasteiger partial charge in [-0.3, -0.25) is 24.0 Å². The zero-order valence-corrected chi connectivity index (χ0v) is 31.1. The van der Waals surface area contributed by atoms with Crippen molar-refractivity contribution in [2.75, 3.05) is 6.54 Å². The lowest BCUT2D eigenvalue weighted by Crippen LogP contribution is -2.63. The maximum Gasteiger partial charge on any atom is 0.316 e. The molecule has 1 saturated heterocycles. The van der Waals surface area contributed by atoms with Gasteiger partial charge in [-0.15, -0.1) is 23.2 Å². The first-order valence-corrected chi connectivity index (χ1v) is 18.2. The van der Waals surface area contributed by atoms with E-state index in [-0.39, 0.29) is 30.7 Å². The van der Waals surface area contributed by atoms with Crippen LogP contribution in [0.3, 0.4) is 0 Å². The first-order chi connectivity index (χ1) is 23.2. The number of carbonyl (C=O) groups excluding carboxylic acids is 6. The average Bonchev–Trinajstić information content (AvgIpc) is 3.34. The van der Waals surface area contributed by atoms with Crippen LogP contribution in [0.1, 0.15) is 78.4 Å². The maximum atomic E-state index is 14.7. The number of nitrogens with zero attached hydrogens (tertiary/aromatic N) is 1. The van der Waals surface area contributed by atoms with Gasteiger partial charge in [0, 0.05) is 23.9 Å². The summed E-state index contributed by atoms with van der Waals surface area (Å²) in [6.45, 7) is 11.1. The first kappa shape index (κ1) is 37.9. The molecule has 3 fully saturated rings. The number of nitrogens with one attached hydrogen (secondary N) is 4. The summed E-state index contributed by atoms with van der Waals surface area (Å²) in [4.78, 5) is 81.9. The molecular weight excluding hydrogens is 683 g/mol. The smallest absolute Gasteiger partial charge is 0.316 e. The molecule has 14 heteroatoms. The van der Waals surface area contributed by atoms with Crippen LogP contribution in [0, 0.1) is 29.1 Å². The van der Waals surface area contributed by atoms with Crippen molar-refractivity contribution in [3.63, 3.8) is 0 Å². The van der Waals surface area contributed by atoms with Crippen LogP contribution in [0.4, 0.5) is 4.79 Å². The lowest BCUT2D eigenvalue weighted by molar-refractivity contribution is -0.143. The van der Waals surface area contributed by atoms with Crippen molar-refractivity contribution in [3.05, 3.63) is 35.4 Å². The average molecular weight is 734 g/mol. The summed E-state index contributed by atoms with van der Waals surface area (Å²) >= 11 is 13.2. The molecule has 0 spiro atoms. The summed E-state index contributed by atoms with van der Waals surface area (Å²) in [5.74, 6) is -4.80. The predicted molar refractivity (Wildman–Crippen MR) is 189 cm³/mol. The molecule has 1 aromatic rings. The Balaban J connectivity index is 1.41. The molecule has 1 aliphatic heterocycles. The van der Waals surface area contributed by atoms with Crippen molar-refractivity contribution >= 4 is 58.6 Å². The molecular formula is C36H50Cl2N6O6. The van der Waals surface area contributed by atoms with E-state index in [1.54, 1.807) is 0 Å². The van der Waals surface area contributed by atoms with E-state index < -0.39 is 80.8 Å². The van der Waals surface area contributed by atoms with E-state index in [1.165, 1.54) is 4.90 Å². The van der Waals surface area contributed by atoms with Gasteiger partial charge in [0.2, 0.25) is 23.5 Å². The van der Waals surface area contributed by atoms with Crippen molar-refractivity contribution in [2.45, 2.75) is 114 Å². The van der Waals surface area contributed by atoms with Crippen LogP contribution in [-0.4, -0.2) is 80.9 Å². The Labute approximate surface area is 303 Å². The molecule has 3 aliphatic carbocycles. The van der Waals surface area contributed by atoms with Crippen LogP contribution in [-0.2, 0) is 36.8 Å². The van der Waals surface area contributed by atoms with Gasteiger partial charge >= 0.3 is 6.03 Å². The third-order valence-corrected chi connectivity index (χ3v) is 11.6. The molecule has 6 N–H and O–H groups in total. The third kappa shape index (κ3) is 8.06. The Bertz CT molecular complexity index is 1520. The van der Waals surface area contributed by atoms with E-state index in [4.69, 9.17) is 28.9 Å². The number of fused-ring (bicyclic) bond motifs is 2. The molecule has 0 radical (unpaired) electrons. The molecule has 6 amide bonds. The van der Waals surface area contributed by atoms with Crippen LogP contribution >= 0.6 is 23.2 Å². The molecule has 12 nitrogen and oxygen atoms in total. The Hall–Kier alpha value is -3.38. The lowest BCUT2D eigenvalue weighted by atomic mass is 9.80. The summed E-state index contributed by atoms with van der Waals surface area (Å²) in [6.07, 6.45) is 4.01. The summed E-state index contributed by atoms with van der Waals surface area (Å²) in [5.41, 5.74) is 6.23. The van der Waals surface area contributed by atoms with E-state index in [2.05, 4.69) is 21.3 Å². The van der Waals surface area contributed by atoms with Crippen molar-refractivity contribution in [2.24, 2.45) is 34.8 Å². The number of carbonyl (C=O) groups is 6. The standard InChI is InChI=1S/C36H50Cl2N6O6/c1-34(2,3)28(31(48)43-35(4,5)6)42-33(50)41-25(21-15-19-12-7-8-13-20(19)16-21)32(49)44-17-22-24(36(22,37)38)26(44)30(47)40-23(27(45)29(39)46)14-18-10-9-11-18/h7-8,12-13,18,21-26,28H,9-11,14-17H2,1-6H3,(H2,39,46)(H,40,47)(H,43,48)(H2,41,42,50)/t22-,23?,24-,25-,26-,28+/m0/s1. The Morgan fingerprint density at radius 2 is 1.54 bits per heavy atom. The molecule has 5 rings (SSSR count). The van der Waals surface area contributed by atoms with Crippen molar-refractivity contribution in [1.29, 1.82) is 0 Å². The van der Waals surface area contributed by atoms with E-state index in [0.29, 0.717) is 12.8 Å². The van der Waals surface area contributed by atoms with Crippen molar-refractivity contribution < 1.29 is 28.8 Å². The van der Waals surface area contributed by atoms with Gasteiger partial charge in [0.25, 0.3) is 5.91 Å². The second kappa shape index (κ2) is 14.0. The number of primary amides is 1. The molecule has 6 atom stereocenters. The second-order valence-corrected chi connectivity index (χ2v) is 18.1. The SMILES string of the molecule is CC(C)(C)NC(=O)[C@@H](NC(=O)N[C@H](C(=O)N1C[C@H]2[C@@H]([C@H]1C(=O)NC(CC1CCC1)C(=O)C(N)=O)C2(Cl)Cl)C1Cc2ccccc2C1)C(C)(C)C. The molecule has 0 aromatic heterocycles. The van der Waals surface area contributed by atoms with Crippen LogP contribution in [0.2, 0.25) is 0 Å². The zero-order chi connectivity index (χ0) is 36.9. The van der Waals surface area contributed by atoms with Crippen LogP contribution < -0.4 is 27.0 Å². The topological polar surface area (TPSA) is 180 Å². The normalized spacial score (nSPS) is 24.5. The predicted octanol–water partition coefficient (Wildman–Crippen LogP) is 2.76. The van der Waals surface area contributed by atoms with Gasteiger partial charge in [0.05, 0.1) is 6.04 Å². The molecule has 0 bridgehead atoms. The minimum absolute atomic E-state index is 0.0592. The molecule has 2 saturated carbocycles. The molecule has 50 heavy (non-hydrogen) atoms. The van der Waals surface area contributed by atoms with Crippen LogP contribution in [0.5, 0.6) is 0 Å². The number of benzene rings is 1. The monoisotopic (exact) mass is 732 g/mol. The molecule has 1 heterocycles. The number of urea groups is 1. The number of hydrogen-bond acceptors (Lipinski definition) is 6. The van der Waals surface area contributed by atoms with E-state index in [1.807, 2.05) is 65.8 Å². The highest BCUT2D eigenvalue weighted by molar-refractivity contribution is 6.51. The largest absolute Gasteiger partial charge is 0.363 e. The lowest BCUT2D eigenvalue weighted by Gasteiger charge is -2.36. The minimum Gasteiger partial charge on any atom is -0.363 e. The Morgan fingerprint density at radius 1 is 0.940 bits per heavy atom. The number of likely N-dealkylation sites (tertiary alicyclic amines) is 1. The highest BCUT2D eigenvalue weighted by Crippen LogP contribution is 2.65. The maximum absolute atomic E-state index is 14.7. The number of rotatable bonds is 11. The van der Waals surface area contributed by atoms with Gasteiger partial charge in [0.1, 0.15) is 22.5 Å². The number of nitrogens with two attached hydrogens (primary N) is 1. The van der Waals surface area contributed by atoms with Gasteiger partial charge in [0.15, 0.2) is 0 Å². The zero-order valence-electron chi connectivity index (χ0n) is 29.6. The number of hydrogen-bond donors (Lipinski definition) is 5. The minimum atomic E-state index is -1.26. The molecule has 1 unspecified atom stereocenters. The summed E-state index contributed by atoms with van der Waals surface area (Å²) in [6, 6.07) is 2.80. The second-order valence-electron chi connectivity index (χ2n) is 16.6. The quantitative estimate of drug-likeness (QED) is 0.172. The molecule has 274 valence electrons. The number of alkyl halides is 2. The number of ketones is 1. The Kier molecular flexibility index (Phi) is 10.6. The van der Waals surface area contributed by atoms with E-state index in [0.717, 1.165) is 30.4 Å². The van der Waals surface area contributed by atoms with E-state index >= 15 is 0 Å². The fourth-order valence-electron chi connectivity index (χ4n) is 7.67. The number of Topliss-reactive ketones (excluding diaryl/α,β-unsaturated/α-hetero) is 1.